The van der Waals surface area contributed by atoms with Crippen molar-refractivity contribution in [2.45, 2.75) is 39.2 Å². The number of alkyl carbamates (subject to hydrolysis) is 1. The van der Waals surface area contributed by atoms with Crippen molar-refractivity contribution in [3.8, 4) is 0 Å². The first-order valence-corrected chi connectivity index (χ1v) is 6.66. The number of hydrogen-bond donors (Lipinski definition) is 3. The maximum Gasteiger partial charge on any atom is 0.474 e. The molecule has 0 spiro atoms. The van der Waals surface area contributed by atoms with E-state index in [1.807, 2.05) is 0 Å². The molecule has 0 aromatic heterocycles. The van der Waals surface area contributed by atoms with Crippen LogP contribution in [0.5, 0.6) is 0 Å². The van der Waals surface area contributed by atoms with Crippen LogP contribution in [0, 0.1) is 0 Å². The molecule has 0 bridgehead atoms. The van der Waals surface area contributed by atoms with Crippen molar-refractivity contribution in [3.63, 3.8) is 0 Å². The minimum Gasteiger partial charge on any atom is -0.444 e. The third-order valence-corrected chi connectivity index (χ3v) is 2.37. The Morgan fingerprint density at radius 1 is 1.09 bits per heavy atom. The van der Waals surface area contributed by atoms with Gasteiger partial charge >= 0.3 is 12.4 Å². The van der Waals surface area contributed by atoms with Crippen LogP contribution in [0.25, 0.3) is 0 Å². The number of ether oxygens (including phenoxy) is 1. The Hall–Kier alpha value is -2.29. The average molecular weight is 333 g/mol. The highest BCUT2D eigenvalue weighted by Gasteiger charge is 2.27. The van der Waals surface area contributed by atoms with Crippen molar-refractivity contribution < 1.29 is 27.5 Å². The van der Waals surface area contributed by atoms with Crippen LogP contribution in [-0.2, 0) is 11.3 Å². The Balaban J connectivity index is 2.50. The van der Waals surface area contributed by atoms with E-state index >= 15 is 0 Å². The monoisotopic (exact) mass is 333 g/mol. The lowest BCUT2D eigenvalue weighted by Gasteiger charge is -2.19. The Labute approximate surface area is 131 Å². The zero-order valence-corrected chi connectivity index (χ0v) is 12.9. The van der Waals surface area contributed by atoms with Crippen LogP contribution in [-0.4, -0.2) is 23.9 Å². The molecule has 0 heterocycles. The third kappa shape index (κ3) is 8.05. The van der Waals surface area contributed by atoms with E-state index in [0.717, 1.165) is 5.43 Å². The predicted molar refractivity (Wildman–Crippen MR) is 76.2 cm³/mol. The van der Waals surface area contributed by atoms with Crippen molar-refractivity contribution in [2.75, 3.05) is 0 Å². The number of hydrazine groups is 1. The van der Waals surface area contributed by atoms with E-state index in [4.69, 9.17) is 4.74 Å². The molecule has 0 fully saturated rings. The number of carbonyl (C=O) groups excluding carboxylic acids is 2. The van der Waals surface area contributed by atoms with E-state index in [1.54, 1.807) is 20.8 Å². The van der Waals surface area contributed by atoms with Gasteiger partial charge in [-0.15, -0.1) is 5.43 Å². The summed E-state index contributed by atoms with van der Waals surface area (Å²) in [4.78, 5) is 22.9. The molecular weight excluding hydrogens is 315 g/mol. The number of benzene rings is 1. The minimum absolute atomic E-state index is 0.0442. The lowest BCUT2D eigenvalue weighted by molar-refractivity contribution is -0.164. The summed E-state index contributed by atoms with van der Waals surface area (Å²) in [5, 5.41) is 2.53. The molecule has 0 atom stereocenters. The van der Waals surface area contributed by atoms with Gasteiger partial charge in [-0.25, -0.2) is 4.79 Å². The number of hydrogen-bond acceptors (Lipinski definition) is 4. The smallest absolute Gasteiger partial charge is 0.444 e. The number of nitrogens with one attached hydrogen (secondary N) is 3. The Bertz CT molecular complexity index is 551. The molecule has 6 nitrogen and oxygen atoms in total. The first-order chi connectivity index (χ1) is 10.5. The van der Waals surface area contributed by atoms with Gasteiger partial charge in [0.15, 0.2) is 0 Å². The van der Waals surface area contributed by atoms with Gasteiger partial charge in [0, 0.05) is 12.1 Å². The molecule has 0 saturated carbocycles. The lowest BCUT2D eigenvalue weighted by atomic mass is 10.1. The highest BCUT2D eigenvalue weighted by molar-refractivity contribution is 5.93. The quantitative estimate of drug-likeness (QED) is 0.584. The van der Waals surface area contributed by atoms with Gasteiger partial charge in [-0.05, 0) is 38.5 Å². The van der Waals surface area contributed by atoms with Gasteiger partial charge in [0.05, 0.1) is 0 Å². The van der Waals surface area contributed by atoms with Crippen molar-refractivity contribution in [2.24, 2.45) is 0 Å². The molecule has 0 aliphatic carbocycles. The molecule has 128 valence electrons. The Morgan fingerprint density at radius 2 is 1.65 bits per heavy atom. The molecule has 2 amide bonds. The fourth-order valence-corrected chi connectivity index (χ4v) is 1.46. The Morgan fingerprint density at radius 3 is 2.13 bits per heavy atom. The van der Waals surface area contributed by atoms with Crippen LogP contribution in [0.1, 0.15) is 36.7 Å². The second kappa shape index (κ2) is 7.32. The molecule has 0 unspecified atom stereocenters. The zero-order chi connectivity index (χ0) is 17.7. The van der Waals surface area contributed by atoms with Crippen molar-refractivity contribution >= 4 is 12.0 Å². The van der Waals surface area contributed by atoms with Gasteiger partial charge in [0.2, 0.25) is 0 Å². The van der Waals surface area contributed by atoms with E-state index in [0.29, 0.717) is 5.56 Å². The summed E-state index contributed by atoms with van der Waals surface area (Å²) in [5.74, 6) is -0.922. The van der Waals surface area contributed by atoms with E-state index in [2.05, 4.69) is 5.32 Å². The molecule has 3 N–H and O–H groups in total. The van der Waals surface area contributed by atoms with Gasteiger partial charge in [-0.3, -0.25) is 10.2 Å². The molecule has 0 aliphatic rings. The first-order valence-electron chi connectivity index (χ1n) is 6.66. The average Bonchev–Trinajstić information content (AvgIpc) is 2.40. The summed E-state index contributed by atoms with van der Waals surface area (Å²) >= 11 is 0. The maximum atomic E-state index is 11.9. The summed E-state index contributed by atoms with van der Waals surface area (Å²) in [6, 6.07) is 5.72. The van der Waals surface area contributed by atoms with Crippen molar-refractivity contribution in [1.29, 1.82) is 0 Å². The largest absolute Gasteiger partial charge is 0.474 e. The van der Waals surface area contributed by atoms with Gasteiger partial charge in [-0.1, -0.05) is 12.1 Å². The van der Waals surface area contributed by atoms with Gasteiger partial charge in [-0.2, -0.15) is 13.2 Å². The standard InChI is InChI=1S/C14H18F3N3O3/c1-13(2,3)23-12(22)18-8-9-4-6-10(7-5-9)11(21)19-20-14(15,16)17/h4-7,20H,8H2,1-3H3,(H,18,22)(H,19,21). The van der Waals surface area contributed by atoms with Crippen molar-refractivity contribution in [3.05, 3.63) is 35.4 Å². The van der Waals surface area contributed by atoms with Gasteiger partial charge in [0.25, 0.3) is 5.91 Å². The molecule has 0 saturated heterocycles. The first kappa shape index (κ1) is 18.8. The van der Waals surface area contributed by atoms with Crippen molar-refractivity contribution in [1.82, 2.24) is 16.2 Å². The van der Waals surface area contributed by atoms with Crippen LogP contribution in [0.2, 0.25) is 0 Å². The Kier molecular flexibility index (Phi) is 5.97. The third-order valence-electron chi connectivity index (χ3n) is 2.37. The summed E-state index contributed by atoms with van der Waals surface area (Å²) < 4.78 is 40.8. The highest BCUT2D eigenvalue weighted by atomic mass is 19.4. The molecule has 23 heavy (non-hydrogen) atoms. The summed E-state index contributed by atoms with van der Waals surface area (Å²) in [6.07, 6.45) is -5.29. The molecule has 1 aromatic carbocycles. The predicted octanol–water partition coefficient (Wildman–Crippen LogP) is 2.47. The van der Waals surface area contributed by atoms with Gasteiger partial charge in [0.1, 0.15) is 5.60 Å². The SMILES string of the molecule is CC(C)(C)OC(=O)NCc1ccc(C(=O)NNC(F)(F)F)cc1. The van der Waals surface area contributed by atoms with E-state index in [-0.39, 0.29) is 12.1 Å². The molecule has 1 aromatic rings. The van der Waals surface area contributed by atoms with Crippen LogP contribution >= 0.6 is 0 Å². The topological polar surface area (TPSA) is 79.5 Å². The lowest BCUT2D eigenvalue weighted by Crippen LogP contribution is -2.46. The number of alkyl halides is 3. The van der Waals surface area contributed by atoms with Crippen LogP contribution in [0.15, 0.2) is 24.3 Å². The van der Waals surface area contributed by atoms with E-state index in [1.165, 1.54) is 29.7 Å². The highest BCUT2D eigenvalue weighted by Crippen LogP contribution is 2.09. The normalized spacial score (nSPS) is 11.7. The van der Waals surface area contributed by atoms with Crippen LogP contribution < -0.4 is 16.2 Å². The zero-order valence-electron chi connectivity index (χ0n) is 12.9. The summed E-state index contributed by atoms with van der Waals surface area (Å²) in [7, 11) is 0. The molecule has 0 radical (unpaired) electrons. The second-order valence-electron chi connectivity index (χ2n) is 5.63. The van der Waals surface area contributed by atoms with Crippen LogP contribution in [0.4, 0.5) is 18.0 Å². The second-order valence-corrected chi connectivity index (χ2v) is 5.63. The molecular formula is C14H18F3N3O3. The van der Waals surface area contributed by atoms with E-state index in [9.17, 15) is 22.8 Å². The molecule has 1 rings (SSSR count). The number of amides is 2. The molecule has 9 heteroatoms. The maximum absolute atomic E-state index is 11.9. The summed E-state index contributed by atoms with van der Waals surface area (Å²) in [5.41, 5.74) is 2.55. The number of rotatable bonds is 4. The number of carbonyl (C=O) groups is 2. The molecule has 0 aliphatic heterocycles. The van der Waals surface area contributed by atoms with E-state index < -0.39 is 23.9 Å². The summed E-state index contributed by atoms with van der Waals surface area (Å²) in [6.45, 7) is 5.36. The fourth-order valence-electron chi connectivity index (χ4n) is 1.46. The van der Waals surface area contributed by atoms with Gasteiger partial charge < -0.3 is 10.1 Å². The fraction of sp³-hybridized carbons (Fsp3) is 0.429. The minimum atomic E-state index is -4.70. The number of halogens is 3. The van der Waals surface area contributed by atoms with Crippen LogP contribution in [0.3, 0.4) is 0 Å².